The largest absolute Gasteiger partial charge is 0.536 e. The lowest BCUT2D eigenvalue weighted by molar-refractivity contribution is 0.0215. The van der Waals surface area contributed by atoms with E-state index in [1.54, 1.807) is 0 Å². The molecule has 37 heavy (non-hydrogen) atoms. The Bertz CT molecular complexity index is 1620. The number of fused-ring (bicyclic) bond motifs is 6. The lowest BCUT2D eigenvalue weighted by Crippen LogP contribution is -2.34. The zero-order chi connectivity index (χ0) is 27.1. The van der Waals surface area contributed by atoms with Crippen molar-refractivity contribution in [3.63, 3.8) is 0 Å². The normalized spacial score (nSPS) is 19.4. The van der Waals surface area contributed by atoms with Crippen LogP contribution in [0.5, 0.6) is 23.0 Å². The summed E-state index contributed by atoms with van der Waals surface area (Å²) in [4.78, 5) is 39.8. The average molecular weight is 564 g/mol. The van der Waals surface area contributed by atoms with Crippen LogP contribution in [0, 0.1) is 23.3 Å². The maximum atomic E-state index is 15.2. The van der Waals surface area contributed by atoms with Gasteiger partial charge in [-0.3, -0.25) is 4.89 Å². The Balaban J connectivity index is 1.76. The molecule has 0 aromatic heterocycles. The standard InChI is InChI=1S/C20H10F4O11P2/c21-15-13-14(16(22)18(24)17(15)23)20(33-19(13)26)9-3-1-7(25)5-11(9)32-12-6-8(2-4-10(12)20)34-37(30,31)35-36(27,28)29/h1-6,25H,(H,30,31)(H2,27,28,29). The smallest absolute Gasteiger partial charge is 0.508 e. The average Bonchev–Trinajstić information content (AvgIpc) is 3.07. The summed E-state index contributed by atoms with van der Waals surface area (Å²) >= 11 is 0. The van der Waals surface area contributed by atoms with Gasteiger partial charge in [0.1, 0.15) is 28.6 Å². The Labute approximate surface area is 202 Å². The fourth-order valence-electron chi connectivity index (χ4n) is 4.14. The number of aromatic hydroxyl groups is 1. The molecule has 2 atom stereocenters. The Morgan fingerprint density at radius 3 is 2.08 bits per heavy atom. The third-order valence-electron chi connectivity index (χ3n) is 5.40. The molecule has 2 unspecified atom stereocenters. The zero-order valence-electron chi connectivity index (χ0n) is 17.5. The SMILES string of the molecule is O=C1OC2(c3ccc(O)cc3Oc3cc(OP(=O)(O)OP(=O)(O)O)ccc32)c2c(F)c(F)c(F)c(F)c21. The second-order valence-electron chi connectivity index (χ2n) is 7.65. The van der Waals surface area contributed by atoms with E-state index in [1.807, 2.05) is 0 Å². The van der Waals surface area contributed by atoms with Crippen LogP contribution < -0.4 is 9.26 Å². The molecule has 17 heteroatoms. The number of phenols is 1. The number of phenolic OH excluding ortho intramolecular Hbond substituents is 1. The van der Waals surface area contributed by atoms with Gasteiger partial charge in [0.05, 0.1) is 5.56 Å². The van der Waals surface area contributed by atoms with E-state index in [0.29, 0.717) is 0 Å². The van der Waals surface area contributed by atoms with Gasteiger partial charge in [-0.15, -0.1) is 0 Å². The number of phosphoric ester groups is 1. The fraction of sp³-hybridized carbons (Fsp3) is 0.0500. The summed E-state index contributed by atoms with van der Waals surface area (Å²) in [5.74, 6) is -11.8. The van der Waals surface area contributed by atoms with Gasteiger partial charge in [-0.2, -0.15) is 4.31 Å². The molecule has 0 fully saturated rings. The summed E-state index contributed by atoms with van der Waals surface area (Å²) in [6, 6.07) is 5.76. The number of ether oxygens (including phenoxy) is 2. The third-order valence-corrected chi connectivity index (χ3v) is 7.51. The zero-order valence-corrected chi connectivity index (χ0v) is 19.3. The lowest BCUT2D eigenvalue weighted by Gasteiger charge is -2.36. The van der Waals surface area contributed by atoms with E-state index in [-0.39, 0.29) is 16.9 Å². The minimum Gasteiger partial charge on any atom is -0.508 e. The van der Waals surface area contributed by atoms with Crippen molar-refractivity contribution >= 4 is 21.6 Å². The first-order chi connectivity index (χ1) is 17.1. The lowest BCUT2D eigenvalue weighted by atomic mass is 9.77. The van der Waals surface area contributed by atoms with Crippen LogP contribution in [-0.2, 0) is 23.8 Å². The van der Waals surface area contributed by atoms with Crippen LogP contribution in [-0.4, -0.2) is 25.8 Å². The van der Waals surface area contributed by atoms with Crippen molar-refractivity contribution in [1.82, 2.24) is 0 Å². The van der Waals surface area contributed by atoms with E-state index in [0.717, 1.165) is 36.4 Å². The molecule has 0 aliphatic carbocycles. The van der Waals surface area contributed by atoms with Crippen molar-refractivity contribution in [2.45, 2.75) is 5.60 Å². The molecule has 0 radical (unpaired) electrons. The molecule has 1 spiro atoms. The number of carbonyl (C=O) groups is 1. The summed E-state index contributed by atoms with van der Waals surface area (Å²) < 4.78 is 100. The molecular formula is C20H10F4O11P2. The number of phosphoric acid groups is 2. The predicted octanol–water partition coefficient (Wildman–Crippen LogP) is 4.11. The monoisotopic (exact) mass is 564 g/mol. The first-order valence-electron chi connectivity index (χ1n) is 9.69. The number of hydrogen-bond donors (Lipinski definition) is 4. The first kappa shape index (κ1) is 25.2. The van der Waals surface area contributed by atoms with Gasteiger partial charge < -0.3 is 28.9 Å². The molecule has 2 aliphatic heterocycles. The van der Waals surface area contributed by atoms with E-state index in [1.165, 1.54) is 0 Å². The van der Waals surface area contributed by atoms with Crippen LogP contribution >= 0.6 is 15.6 Å². The van der Waals surface area contributed by atoms with Gasteiger partial charge in [-0.05, 0) is 24.3 Å². The van der Waals surface area contributed by atoms with Gasteiger partial charge in [-0.25, -0.2) is 31.5 Å². The molecule has 5 rings (SSSR count). The maximum absolute atomic E-state index is 15.2. The summed E-state index contributed by atoms with van der Waals surface area (Å²) in [5.41, 5.74) is -5.33. The number of esters is 1. The quantitative estimate of drug-likeness (QED) is 0.118. The maximum Gasteiger partial charge on any atom is 0.536 e. The predicted molar refractivity (Wildman–Crippen MR) is 110 cm³/mol. The molecular weight excluding hydrogens is 554 g/mol. The molecule has 0 amide bonds. The fourth-order valence-corrected chi connectivity index (χ4v) is 5.73. The van der Waals surface area contributed by atoms with Crippen molar-refractivity contribution in [3.05, 3.63) is 81.9 Å². The minimum atomic E-state index is -5.48. The van der Waals surface area contributed by atoms with Crippen LogP contribution in [0.1, 0.15) is 27.0 Å². The van der Waals surface area contributed by atoms with Crippen LogP contribution in [0.25, 0.3) is 0 Å². The number of benzene rings is 3. The van der Waals surface area contributed by atoms with Crippen molar-refractivity contribution in [2.75, 3.05) is 0 Å². The molecule has 0 saturated carbocycles. The van der Waals surface area contributed by atoms with Crippen LogP contribution in [0.15, 0.2) is 36.4 Å². The molecule has 194 valence electrons. The Kier molecular flexibility index (Phi) is 5.47. The summed E-state index contributed by atoms with van der Waals surface area (Å²) in [6.07, 6.45) is 0. The molecule has 3 aromatic rings. The summed E-state index contributed by atoms with van der Waals surface area (Å²) in [5, 5.41) is 9.89. The topological polar surface area (TPSA) is 169 Å². The highest BCUT2D eigenvalue weighted by Gasteiger charge is 2.58. The van der Waals surface area contributed by atoms with Crippen molar-refractivity contribution in [3.8, 4) is 23.0 Å². The van der Waals surface area contributed by atoms with Crippen LogP contribution in [0.3, 0.4) is 0 Å². The van der Waals surface area contributed by atoms with Gasteiger partial charge in [-0.1, -0.05) is 0 Å². The minimum absolute atomic E-state index is 0.236. The molecule has 2 heterocycles. The molecule has 0 saturated heterocycles. The number of halogens is 4. The van der Waals surface area contributed by atoms with Crippen molar-refractivity contribution in [2.24, 2.45) is 0 Å². The second-order valence-corrected chi connectivity index (χ2v) is 10.4. The van der Waals surface area contributed by atoms with E-state index < -0.39 is 78.9 Å². The van der Waals surface area contributed by atoms with E-state index in [9.17, 15) is 37.1 Å². The number of hydrogen-bond acceptors (Lipinski definition) is 8. The third kappa shape index (κ3) is 3.87. The Morgan fingerprint density at radius 2 is 1.43 bits per heavy atom. The Morgan fingerprint density at radius 1 is 0.838 bits per heavy atom. The van der Waals surface area contributed by atoms with Crippen molar-refractivity contribution in [1.29, 1.82) is 0 Å². The summed E-state index contributed by atoms with van der Waals surface area (Å²) in [6.45, 7) is 0. The molecule has 4 N–H and O–H groups in total. The molecule has 11 nitrogen and oxygen atoms in total. The molecule has 2 aliphatic rings. The van der Waals surface area contributed by atoms with E-state index >= 15 is 4.39 Å². The van der Waals surface area contributed by atoms with Gasteiger partial charge in [0.15, 0.2) is 28.9 Å². The summed E-state index contributed by atoms with van der Waals surface area (Å²) in [7, 11) is -10.9. The second kappa shape index (κ2) is 8.02. The number of rotatable bonds is 4. The van der Waals surface area contributed by atoms with Gasteiger partial charge in [0.25, 0.3) is 0 Å². The first-order valence-corrected chi connectivity index (χ1v) is 12.7. The number of carbonyl (C=O) groups excluding carboxylic acids is 1. The Hall–Kier alpha value is -3.45. The molecule has 0 bridgehead atoms. The van der Waals surface area contributed by atoms with Crippen molar-refractivity contribution < 1.29 is 69.6 Å². The highest BCUT2D eigenvalue weighted by Crippen LogP contribution is 2.60. The van der Waals surface area contributed by atoms with Gasteiger partial charge >= 0.3 is 21.6 Å². The van der Waals surface area contributed by atoms with E-state index in [4.69, 9.17) is 19.3 Å². The highest BCUT2D eigenvalue weighted by molar-refractivity contribution is 7.60. The van der Waals surface area contributed by atoms with Crippen LogP contribution in [0.4, 0.5) is 17.6 Å². The van der Waals surface area contributed by atoms with Gasteiger partial charge in [0, 0.05) is 23.3 Å². The molecule has 3 aromatic carbocycles. The van der Waals surface area contributed by atoms with E-state index in [2.05, 4.69) is 8.83 Å². The highest BCUT2D eigenvalue weighted by atomic mass is 31.3. The van der Waals surface area contributed by atoms with Crippen LogP contribution in [0.2, 0.25) is 0 Å². The van der Waals surface area contributed by atoms with Gasteiger partial charge in [0.2, 0.25) is 0 Å².